The zero-order valence-corrected chi connectivity index (χ0v) is 16.9. The first kappa shape index (κ1) is 19.6. The number of aromatic nitrogens is 3. The summed E-state index contributed by atoms with van der Waals surface area (Å²) in [5.41, 5.74) is 3.67. The van der Waals surface area contributed by atoms with Gasteiger partial charge in [-0.05, 0) is 26.0 Å². The number of pyridine rings is 1. The predicted molar refractivity (Wildman–Crippen MR) is 113 cm³/mol. The minimum atomic E-state index is -0.288. The molecule has 0 saturated carbocycles. The lowest BCUT2D eigenvalue weighted by Gasteiger charge is -2.11. The van der Waals surface area contributed by atoms with E-state index < -0.39 is 0 Å². The van der Waals surface area contributed by atoms with Gasteiger partial charge >= 0.3 is 0 Å². The summed E-state index contributed by atoms with van der Waals surface area (Å²) >= 11 is 0. The van der Waals surface area contributed by atoms with Crippen LogP contribution in [0, 0.1) is 19.7 Å². The molecule has 30 heavy (non-hydrogen) atoms. The Kier molecular flexibility index (Phi) is 5.18. The van der Waals surface area contributed by atoms with Crippen LogP contribution in [0.25, 0.3) is 10.9 Å². The van der Waals surface area contributed by atoms with Gasteiger partial charge in [-0.25, -0.2) is 9.37 Å². The minimum absolute atomic E-state index is 0.279. The number of hydrogen-bond donors (Lipinski definition) is 1. The van der Waals surface area contributed by atoms with E-state index in [-0.39, 0.29) is 18.3 Å². The monoisotopic (exact) mass is 404 g/mol. The number of para-hydroxylation sites is 1. The summed E-state index contributed by atoms with van der Waals surface area (Å²) in [7, 11) is 1.51. The molecule has 0 saturated heterocycles. The number of rotatable bonds is 5. The highest BCUT2D eigenvalue weighted by atomic mass is 19.1. The number of aryl methyl sites for hydroxylation is 1. The largest absolute Gasteiger partial charge is 0.481 e. The zero-order valence-electron chi connectivity index (χ0n) is 16.9. The van der Waals surface area contributed by atoms with E-state index in [9.17, 15) is 9.18 Å². The van der Waals surface area contributed by atoms with Crippen molar-refractivity contribution in [1.29, 1.82) is 0 Å². The smallest absolute Gasteiger partial charge is 0.256 e. The van der Waals surface area contributed by atoms with Gasteiger partial charge in [0.25, 0.3) is 5.91 Å². The lowest BCUT2D eigenvalue weighted by molar-refractivity contribution is 0.102. The Balaban J connectivity index is 1.67. The van der Waals surface area contributed by atoms with Gasteiger partial charge in [-0.3, -0.25) is 9.48 Å². The van der Waals surface area contributed by atoms with Crippen LogP contribution in [0.3, 0.4) is 0 Å². The van der Waals surface area contributed by atoms with E-state index in [4.69, 9.17) is 4.74 Å². The van der Waals surface area contributed by atoms with Crippen molar-refractivity contribution in [3.8, 4) is 5.88 Å². The number of benzene rings is 2. The molecule has 0 aliphatic heterocycles. The number of carbonyl (C=O) groups is 1. The van der Waals surface area contributed by atoms with E-state index in [0.29, 0.717) is 33.9 Å². The van der Waals surface area contributed by atoms with E-state index in [1.54, 1.807) is 28.9 Å². The quantitative estimate of drug-likeness (QED) is 0.532. The third-order valence-corrected chi connectivity index (χ3v) is 5.04. The van der Waals surface area contributed by atoms with Crippen LogP contribution in [0.15, 0.2) is 54.6 Å². The molecular formula is C23H21FN4O2. The fourth-order valence-electron chi connectivity index (χ4n) is 3.44. The molecule has 0 atom stereocenters. The molecule has 0 fully saturated rings. The molecule has 4 aromatic rings. The van der Waals surface area contributed by atoms with E-state index in [1.807, 2.05) is 38.1 Å². The molecule has 0 radical (unpaired) electrons. The average molecular weight is 404 g/mol. The topological polar surface area (TPSA) is 69.0 Å². The number of amides is 1. The highest BCUT2D eigenvalue weighted by Gasteiger charge is 2.19. The second-order valence-corrected chi connectivity index (χ2v) is 6.98. The molecule has 0 unspecified atom stereocenters. The maximum Gasteiger partial charge on any atom is 0.256 e. The van der Waals surface area contributed by atoms with Crippen molar-refractivity contribution in [1.82, 2.24) is 14.8 Å². The lowest BCUT2D eigenvalue weighted by atomic mass is 10.1. The van der Waals surface area contributed by atoms with Crippen LogP contribution in [0.2, 0.25) is 0 Å². The standard InChI is InChI=1S/C23H21FN4O2/c1-14-22(15(2)28(27-14)13-16-8-4-6-10-19(16)24)26-23(29)18-12-21(30-3)25-20-11-7-5-9-17(18)20/h4-12H,13H2,1-3H3,(H,26,29). The number of anilines is 1. The predicted octanol–water partition coefficient (Wildman–Crippen LogP) is 4.50. The van der Waals surface area contributed by atoms with Crippen LogP contribution in [0.4, 0.5) is 10.1 Å². The number of carbonyl (C=O) groups excluding carboxylic acids is 1. The Labute approximate surface area is 173 Å². The zero-order chi connectivity index (χ0) is 21.3. The van der Waals surface area contributed by atoms with Crippen LogP contribution < -0.4 is 10.1 Å². The molecule has 1 N–H and O–H groups in total. The summed E-state index contributed by atoms with van der Waals surface area (Å²) in [6.45, 7) is 3.94. The fourth-order valence-corrected chi connectivity index (χ4v) is 3.44. The fraction of sp³-hybridized carbons (Fsp3) is 0.174. The van der Waals surface area contributed by atoms with Crippen LogP contribution in [0.5, 0.6) is 5.88 Å². The molecule has 4 rings (SSSR count). The van der Waals surface area contributed by atoms with Crippen LogP contribution in [-0.2, 0) is 6.54 Å². The van der Waals surface area contributed by atoms with Gasteiger partial charge in [-0.1, -0.05) is 36.4 Å². The third-order valence-electron chi connectivity index (χ3n) is 5.04. The van der Waals surface area contributed by atoms with Gasteiger partial charge in [0.1, 0.15) is 5.82 Å². The molecule has 7 heteroatoms. The molecular weight excluding hydrogens is 383 g/mol. The highest BCUT2D eigenvalue weighted by Crippen LogP contribution is 2.26. The van der Waals surface area contributed by atoms with Crippen LogP contribution in [-0.4, -0.2) is 27.8 Å². The molecule has 0 aliphatic carbocycles. The Morgan fingerprint density at radius 3 is 2.63 bits per heavy atom. The van der Waals surface area contributed by atoms with Crippen molar-refractivity contribution in [3.63, 3.8) is 0 Å². The molecule has 0 aliphatic rings. The maximum absolute atomic E-state index is 14.0. The number of halogens is 1. The summed E-state index contributed by atoms with van der Waals surface area (Å²) in [4.78, 5) is 17.5. The summed E-state index contributed by atoms with van der Waals surface area (Å²) in [6, 6.07) is 15.6. The van der Waals surface area contributed by atoms with E-state index in [2.05, 4.69) is 15.4 Å². The van der Waals surface area contributed by atoms with Gasteiger partial charge in [-0.15, -0.1) is 0 Å². The molecule has 0 bridgehead atoms. The van der Waals surface area contributed by atoms with Gasteiger partial charge in [-0.2, -0.15) is 5.10 Å². The first-order valence-corrected chi connectivity index (χ1v) is 9.50. The average Bonchev–Trinajstić information content (AvgIpc) is 3.01. The number of fused-ring (bicyclic) bond motifs is 1. The van der Waals surface area contributed by atoms with E-state index in [1.165, 1.54) is 13.2 Å². The summed E-state index contributed by atoms with van der Waals surface area (Å²) in [6.07, 6.45) is 0. The van der Waals surface area contributed by atoms with Crippen molar-refractivity contribution in [2.24, 2.45) is 0 Å². The van der Waals surface area contributed by atoms with E-state index in [0.717, 1.165) is 11.1 Å². The SMILES string of the molecule is COc1cc(C(=O)Nc2c(C)nn(Cc3ccccc3F)c2C)c2ccccc2n1. The third kappa shape index (κ3) is 3.61. The van der Waals surface area contributed by atoms with Gasteiger partial charge < -0.3 is 10.1 Å². The van der Waals surface area contributed by atoms with Crippen molar-refractivity contribution < 1.29 is 13.9 Å². The van der Waals surface area contributed by atoms with E-state index >= 15 is 0 Å². The normalized spacial score (nSPS) is 10.9. The van der Waals surface area contributed by atoms with Crippen molar-refractivity contribution in [2.75, 3.05) is 12.4 Å². The van der Waals surface area contributed by atoms with Gasteiger partial charge in [0.05, 0.1) is 41.8 Å². The number of hydrogen-bond acceptors (Lipinski definition) is 4. The van der Waals surface area contributed by atoms with Crippen molar-refractivity contribution in [2.45, 2.75) is 20.4 Å². The highest BCUT2D eigenvalue weighted by molar-refractivity contribution is 6.13. The molecule has 2 aromatic heterocycles. The molecule has 152 valence electrons. The number of nitrogens with one attached hydrogen (secondary N) is 1. The molecule has 6 nitrogen and oxygen atoms in total. The Morgan fingerprint density at radius 1 is 1.13 bits per heavy atom. The summed E-state index contributed by atoms with van der Waals surface area (Å²) < 4.78 is 21.0. The minimum Gasteiger partial charge on any atom is -0.481 e. The van der Waals surface area contributed by atoms with Gasteiger partial charge in [0, 0.05) is 17.0 Å². The second-order valence-electron chi connectivity index (χ2n) is 6.98. The van der Waals surface area contributed by atoms with Crippen molar-refractivity contribution in [3.05, 3.63) is 82.9 Å². The van der Waals surface area contributed by atoms with Crippen molar-refractivity contribution >= 4 is 22.5 Å². The van der Waals surface area contributed by atoms with Crippen LogP contribution in [0.1, 0.15) is 27.3 Å². The first-order chi connectivity index (χ1) is 14.5. The summed E-state index contributed by atoms with van der Waals surface area (Å²) in [5, 5.41) is 8.17. The Bertz CT molecular complexity index is 1250. The number of nitrogens with zero attached hydrogens (tertiary/aromatic N) is 3. The van der Waals surface area contributed by atoms with Gasteiger partial charge in [0.2, 0.25) is 5.88 Å². The molecule has 2 aromatic carbocycles. The Morgan fingerprint density at radius 2 is 1.87 bits per heavy atom. The second kappa shape index (κ2) is 7.94. The number of methoxy groups -OCH3 is 1. The number of ether oxygens (including phenoxy) is 1. The van der Waals surface area contributed by atoms with Crippen LogP contribution >= 0.6 is 0 Å². The molecule has 2 heterocycles. The molecule has 0 spiro atoms. The Hall–Kier alpha value is -3.74. The lowest BCUT2D eigenvalue weighted by Crippen LogP contribution is -2.14. The maximum atomic E-state index is 14.0. The van der Waals surface area contributed by atoms with Gasteiger partial charge in [0.15, 0.2) is 0 Å². The molecule has 1 amide bonds. The summed E-state index contributed by atoms with van der Waals surface area (Å²) in [5.74, 6) is -0.211. The first-order valence-electron chi connectivity index (χ1n) is 9.50.